The molecule has 8 heteroatoms. The van der Waals surface area contributed by atoms with Crippen LogP contribution in [0.4, 0.5) is 5.69 Å². The molecule has 0 bridgehead atoms. The van der Waals surface area contributed by atoms with Crippen molar-refractivity contribution in [2.45, 2.75) is 52.2 Å². The number of methoxy groups -OCH3 is 1. The van der Waals surface area contributed by atoms with E-state index in [1.54, 1.807) is 44.2 Å². The van der Waals surface area contributed by atoms with Crippen molar-refractivity contribution in [3.63, 3.8) is 0 Å². The van der Waals surface area contributed by atoms with Gasteiger partial charge in [-0.15, -0.1) is 0 Å². The second-order valence-corrected chi connectivity index (χ2v) is 9.72. The molecular formula is C26H41N3O5. The maximum atomic E-state index is 13.4. The van der Waals surface area contributed by atoms with Gasteiger partial charge in [-0.2, -0.15) is 0 Å². The summed E-state index contributed by atoms with van der Waals surface area (Å²) in [4.78, 5) is 29.5. The lowest BCUT2D eigenvalue weighted by molar-refractivity contribution is -0.115. The van der Waals surface area contributed by atoms with Crippen LogP contribution in [0.15, 0.2) is 18.2 Å². The Kier molecular flexibility index (Phi) is 9.74. The molecule has 0 saturated carbocycles. The maximum absolute atomic E-state index is 13.4. The Balaban J connectivity index is 1.88. The fraction of sp³-hybridized carbons (Fsp3) is 0.692. The minimum absolute atomic E-state index is 0.0925. The standard InChI is InChI=1S/C26H41N3O5/c1-6-25(30)27-21-7-8-23-22(13-21)26(31)28(4)16-24(32-5)18(2)14-29(19(3)17-34-23)15-20-9-11-33-12-10-20/h7-8,13,18-20,24H,6,9-12,14-17H2,1-5H3,(H,27,30)/t18-,19-,24+/m0/s1. The first-order valence-electron chi connectivity index (χ1n) is 12.5. The van der Waals surface area contributed by atoms with Crippen molar-refractivity contribution in [3.8, 4) is 5.75 Å². The third-order valence-electron chi connectivity index (χ3n) is 7.01. The first-order valence-corrected chi connectivity index (χ1v) is 12.5. The van der Waals surface area contributed by atoms with Crippen molar-refractivity contribution in [1.29, 1.82) is 0 Å². The zero-order valence-electron chi connectivity index (χ0n) is 21.3. The molecule has 2 amide bonds. The molecule has 0 aliphatic carbocycles. The number of hydrogen-bond acceptors (Lipinski definition) is 6. The summed E-state index contributed by atoms with van der Waals surface area (Å²) < 4.78 is 17.6. The molecule has 3 atom stereocenters. The Morgan fingerprint density at radius 1 is 1.21 bits per heavy atom. The largest absolute Gasteiger partial charge is 0.491 e. The number of anilines is 1. The molecule has 8 nitrogen and oxygen atoms in total. The molecule has 2 aliphatic heterocycles. The summed E-state index contributed by atoms with van der Waals surface area (Å²) in [6, 6.07) is 5.45. The number of hydrogen-bond donors (Lipinski definition) is 1. The van der Waals surface area contributed by atoms with Gasteiger partial charge in [0.15, 0.2) is 0 Å². The van der Waals surface area contributed by atoms with Gasteiger partial charge in [0.05, 0.1) is 11.7 Å². The minimum Gasteiger partial charge on any atom is -0.491 e. The van der Waals surface area contributed by atoms with Crippen LogP contribution in [-0.2, 0) is 14.3 Å². The number of carbonyl (C=O) groups excluding carboxylic acids is 2. The molecular weight excluding hydrogens is 434 g/mol. The van der Waals surface area contributed by atoms with Crippen LogP contribution >= 0.6 is 0 Å². The summed E-state index contributed by atoms with van der Waals surface area (Å²) in [5, 5.41) is 2.84. The van der Waals surface area contributed by atoms with E-state index in [-0.39, 0.29) is 29.9 Å². The van der Waals surface area contributed by atoms with Gasteiger partial charge in [0.1, 0.15) is 12.4 Å². The first kappa shape index (κ1) is 26.4. The van der Waals surface area contributed by atoms with Crippen LogP contribution in [0.5, 0.6) is 5.75 Å². The normalized spacial score (nSPS) is 25.6. The van der Waals surface area contributed by atoms with E-state index in [0.29, 0.717) is 42.5 Å². The highest BCUT2D eigenvalue weighted by Crippen LogP contribution is 2.27. The Labute approximate surface area is 203 Å². The Morgan fingerprint density at radius 3 is 2.62 bits per heavy atom. The van der Waals surface area contributed by atoms with E-state index in [9.17, 15) is 9.59 Å². The number of nitrogens with one attached hydrogen (secondary N) is 1. The lowest BCUT2D eigenvalue weighted by atomic mass is 9.96. The predicted molar refractivity (Wildman–Crippen MR) is 132 cm³/mol. The van der Waals surface area contributed by atoms with Crippen molar-refractivity contribution < 1.29 is 23.8 Å². The van der Waals surface area contributed by atoms with Gasteiger partial charge in [-0.25, -0.2) is 0 Å². The van der Waals surface area contributed by atoms with Gasteiger partial charge in [0, 0.05) is 65.2 Å². The molecule has 1 aromatic rings. The topological polar surface area (TPSA) is 80.3 Å². The summed E-state index contributed by atoms with van der Waals surface area (Å²) in [6.45, 7) is 10.6. The van der Waals surface area contributed by atoms with E-state index in [2.05, 4.69) is 24.1 Å². The quantitative estimate of drug-likeness (QED) is 0.704. The molecule has 0 spiro atoms. The monoisotopic (exact) mass is 475 g/mol. The molecule has 1 N–H and O–H groups in total. The fourth-order valence-electron chi connectivity index (χ4n) is 4.69. The maximum Gasteiger partial charge on any atom is 0.257 e. The number of fused-ring (bicyclic) bond motifs is 1. The predicted octanol–water partition coefficient (Wildman–Crippen LogP) is 3.27. The minimum atomic E-state index is -0.149. The average Bonchev–Trinajstić information content (AvgIpc) is 2.85. The zero-order chi connectivity index (χ0) is 24.7. The number of amides is 2. The smallest absolute Gasteiger partial charge is 0.257 e. The van der Waals surface area contributed by atoms with E-state index >= 15 is 0 Å². The van der Waals surface area contributed by atoms with Crippen LogP contribution in [0, 0.1) is 11.8 Å². The van der Waals surface area contributed by atoms with Crippen LogP contribution in [0.25, 0.3) is 0 Å². The SMILES string of the molecule is CCC(=O)Nc1ccc2c(c1)C(=O)N(C)C[C@@H](OC)[C@@H](C)CN(CC1CCOCC1)[C@@H](C)CO2. The van der Waals surface area contributed by atoms with Gasteiger partial charge < -0.3 is 24.4 Å². The molecule has 1 saturated heterocycles. The molecule has 2 aliphatic rings. The summed E-state index contributed by atoms with van der Waals surface area (Å²) in [5.74, 6) is 1.13. The van der Waals surface area contributed by atoms with Crippen LogP contribution < -0.4 is 10.1 Å². The Hall–Kier alpha value is -2.16. The van der Waals surface area contributed by atoms with Crippen LogP contribution in [0.3, 0.4) is 0 Å². The van der Waals surface area contributed by atoms with Gasteiger partial charge in [0.25, 0.3) is 5.91 Å². The second kappa shape index (κ2) is 12.5. The van der Waals surface area contributed by atoms with Gasteiger partial charge in [-0.3, -0.25) is 14.5 Å². The highest BCUT2D eigenvalue weighted by molar-refractivity contribution is 5.99. The van der Waals surface area contributed by atoms with E-state index < -0.39 is 0 Å². The summed E-state index contributed by atoms with van der Waals surface area (Å²) in [5.41, 5.74) is 1.04. The summed E-state index contributed by atoms with van der Waals surface area (Å²) in [7, 11) is 3.50. The van der Waals surface area contributed by atoms with E-state index in [0.717, 1.165) is 39.1 Å². The molecule has 1 aromatic carbocycles. The van der Waals surface area contributed by atoms with Crippen LogP contribution in [0.1, 0.15) is 50.4 Å². The number of benzene rings is 1. The van der Waals surface area contributed by atoms with Crippen molar-refractivity contribution in [3.05, 3.63) is 23.8 Å². The third kappa shape index (κ3) is 6.93. The van der Waals surface area contributed by atoms with E-state index in [1.807, 2.05) is 0 Å². The molecule has 0 aromatic heterocycles. The average molecular weight is 476 g/mol. The van der Waals surface area contributed by atoms with Crippen LogP contribution in [0.2, 0.25) is 0 Å². The zero-order valence-corrected chi connectivity index (χ0v) is 21.3. The summed E-state index contributed by atoms with van der Waals surface area (Å²) in [6.07, 6.45) is 2.44. The van der Waals surface area contributed by atoms with Gasteiger partial charge in [-0.05, 0) is 49.8 Å². The van der Waals surface area contributed by atoms with E-state index in [4.69, 9.17) is 14.2 Å². The molecule has 3 rings (SSSR count). The summed E-state index contributed by atoms with van der Waals surface area (Å²) >= 11 is 0. The number of likely N-dealkylation sites (N-methyl/N-ethyl adjacent to an activating group) is 1. The fourth-order valence-corrected chi connectivity index (χ4v) is 4.69. The molecule has 1 fully saturated rings. The van der Waals surface area contributed by atoms with Gasteiger partial charge in [0.2, 0.25) is 5.91 Å². The van der Waals surface area contributed by atoms with Crippen molar-refractivity contribution >= 4 is 17.5 Å². The Morgan fingerprint density at radius 2 is 1.94 bits per heavy atom. The number of carbonyl (C=O) groups is 2. The molecule has 0 radical (unpaired) electrons. The lowest BCUT2D eigenvalue weighted by Gasteiger charge is -2.38. The van der Waals surface area contributed by atoms with Crippen LogP contribution in [-0.4, -0.2) is 87.4 Å². The second-order valence-electron chi connectivity index (χ2n) is 9.72. The molecule has 0 unspecified atom stereocenters. The Bertz CT molecular complexity index is 827. The van der Waals surface area contributed by atoms with Crippen molar-refractivity contribution in [1.82, 2.24) is 9.80 Å². The lowest BCUT2D eigenvalue weighted by Crippen LogP contribution is -2.48. The number of nitrogens with zero attached hydrogens (tertiary/aromatic N) is 2. The number of ether oxygens (including phenoxy) is 3. The molecule has 2 heterocycles. The van der Waals surface area contributed by atoms with E-state index in [1.165, 1.54) is 0 Å². The molecule has 190 valence electrons. The third-order valence-corrected chi connectivity index (χ3v) is 7.01. The highest BCUT2D eigenvalue weighted by atomic mass is 16.5. The highest BCUT2D eigenvalue weighted by Gasteiger charge is 2.30. The van der Waals surface area contributed by atoms with Gasteiger partial charge in [-0.1, -0.05) is 13.8 Å². The molecule has 34 heavy (non-hydrogen) atoms. The number of rotatable bonds is 5. The van der Waals surface area contributed by atoms with Gasteiger partial charge >= 0.3 is 0 Å². The first-order chi connectivity index (χ1) is 16.3. The van der Waals surface area contributed by atoms with Crippen molar-refractivity contribution in [2.24, 2.45) is 11.8 Å². The van der Waals surface area contributed by atoms with Crippen molar-refractivity contribution in [2.75, 3.05) is 58.9 Å².